The van der Waals surface area contributed by atoms with E-state index in [-0.39, 0.29) is 31.2 Å². The Labute approximate surface area is 131 Å². The fourth-order valence-electron chi connectivity index (χ4n) is 4.11. The van der Waals surface area contributed by atoms with Gasteiger partial charge in [0.05, 0.1) is 0 Å². The van der Waals surface area contributed by atoms with E-state index in [1.165, 1.54) is 13.0 Å². The quantitative estimate of drug-likeness (QED) is 0.757. The van der Waals surface area contributed by atoms with Gasteiger partial charge in [0.1, 0.15) is 0 Å². The molecule has 1 aromatic carbocycles. The van der Waals surface area contributed by atoms with Gasteiger partial charge in [0.25, 0.3) is 5.92 Å². The molecule has 1 N–H and O–H groups in total. The van der Waals surface area contributed by atoms with Gasteiger partial charge in [-0.15, -0.1) is 0 Å². The van der Waals surface area contributed by atoms with Crippen LogP contribution in [0.2, 0.25) is 0 Å². The number of halogens is 5. The molecule has 1 aromatic rings. The van der Waals surface area contributed by atoms with Gasteiger partial charge in [-0.3, -0.25) is 0 Å². The highest BCUT2D eigenvalue weighted by Crippen LogP contribution is 2.65. The van der Waals surface area contributed by atoms with Crippen LogP contribution in [0.4, 0.5) is 22.0 Å². The van der Waals surface area contributed by atoms with E-state index in [4.69, 9.17) is 5.11 Å². The fourth-order valence-corrected chi connectivity index (χ4v) is 4.11. The van der Waals surface area contributed by atoms with Gasteiger partial charge in [-0.05, 0) is 50.2 Å². The van der Waals surface area contributed by atoms with Crippen molar-refractivity contribution in [3.05, 3.63) is 29.3 Å². The van der Waals surface area contributed by atoms with Crippen LogP contribution in [0, 0.1) is 22.5 Å². The maximum atomic E-state index is 14.5. The molecule has 2 bridgehead atoms. The average molecular weight is 334 g/mol. The molecule has 0 aromatic heterocycles. The van der Waals surface area contributed by atoms with Crippen LogP contribution in [-0.2, 0) is 6.42 Å². The van der Waals surface area contributed by atoms with Crippen molar-refractivity contribution in [2.75, 3.05) is 0 Å². The zero-order valence-electron chi connectivity index (χ0n) is 12.8. The number of benzene rings is 1. The summed E-state index contributed by atoms with van der Waals surface area (Å²) in [7, 11) is 0. The molecule has 3 saturated carbocycles. The molecule has 1 nitrogen and oxygen atoms in total. The van der Waals surface area contributed by atoms with Crippen LogP contribution in [0.3, 0.4) is 0 Å². The van der Waals surface area contributed by atoms with Gasteiger partial charge < -0.3 is 5.11 Å². The number of phenols is 1. The third-order valence-electron chi connectivity index (χ3n) is 6.04. The van der Waals surface area contributed by atoms with Crippen LogP contribution in [0.15, 0.2) is 12.1 Å². The first kappa shape index (κ1) is 16.5. The van der Waals surface area contributed by atoms with Crippen LogP contribution >= 0.6 is 0 Å². The van der Waals surface area contributed by atoms with E-state index >= 15 is 0 Å². The number of hydrogen-bond acceptors (Lipinski definition) is 1. The van der Waals surface area contributed by atoms with E-state index in [2.05, 4.69) is 0 Å². The molecule has 0 heterocycles. The van der Waals surface area contributed by atoms with Gasteiger partial charge in [0.15, 0.2) is 17.7 Å². The minimum Gasteiger partial charge on any atom is -0.505 e. The Hall–Kier alpha value is -1.33. The second kappa shape index (κ2) is 5.08. The van der Waals surface area contributed by atoms with Crippen molar-refractivity contribution in [3.8, 4) is 5.75 Å². The lowest BCUT2D eigenvalue weighted by atomic mass is 9.50. The van der Waals surface area contributed by atoms with Crippen molar-refractivity contribution in [2.24, 2.45) is 10.8 Å². The molecule has 23 heavy (non-hydrogen) atoms. The topological polar surface area (TPSA) is 20.2 Å². The van der Waals surface area contributed by atoms with Crippen molar-refractivity contribution in [3.63, 3.8) is 0 Å². The van der Waals surface area contributed by atoms with Gasteiger partial charge in [-0.25, -0.2) is 17.6 Å². The first-order valence-electron chi connectivity index (χ1n) is 7.81. The van der Waals surface area contributed by atoms with Crippen LogP contribution in [0.1, 0.15) is 44.6 Å². The Morgan fingerprint density at radius 1 is 1.09 bits per heavy atom. The van der Waals surface area contributed by atoms with Crippen LogP contribution in [-0.4, -0.2) is 17.2 Å². The SMILES string of the molecule is CC12CCC(CCc3ccc(O)c(F)c3F)(CC1)C(F)C2(F)F. The normalized spacial score (nSPS) is 35.5. The Morgan fingerprint density at radius 2 is 1.70 bits per heavy atom. The van der Waals surface area contributed by atoms with Gasteiger partial charge in [-0.2, -0.15) is 4.39 Å². The van der Waals surface area contributed by atoms with E-state index in [0.29, 0.717) is 12.8 Å². The summed E-state index contributed by atoms with van der Waals surface area (Å²) in [6.07, 6.45) is -1.09. The van der Waals surface area contributed by atoms with Gasteiger partial charge in [0.2, 0.25) is 5.82 Å². The molecular formula is C17H19F5O. The maximum Gasteiger partial charge on any atom is 0.284 e. The van der Waals surface area contributed by atoms with Crippen molar-refractivity contribution >= 4 is 0 Å². The summed E-state index contributed by atoms with van der Waals surface area (Å²) in [5, 5.41) is 9.11. The van der Waals surface area contributed by atoms with E-state index in [0.717, 1.165) is 6.07 Å². The van der Waals surface area contributed by atoms with Crippen molar-refractivity contribution in [1.29, 1.82) is 0 Å². The molecular weight excluding hydrogens is 315 g/mol. The minimum atomic E-state index is -3.39. The van der Waals surface area contributed by atoms with Crippen LogP contribution < -0.4 is 0 Å². The lowest BCUT2D eigenvalue weighted by Crippen LogP contribution is -2.62. The number of rotatable bonds is 3. The maximum absolute atomic E-state index is 14.5. The second-order valence-corrected chi connectivity index (χ2v) is 7.28. The molecule has 0 saturated heterocycles. The Kier molecular flexibility index (Phi) is 3.65. The highest BCUT2D eigenvalue weighted by atomic mass is 19.3. The highest BCUT2D eigenvalue weighted by Gasteiger charge is 2.69. The molecule has 0 radical (unpaired) electrons. The molecule has 0 aliphatic heterocycles. The average Bonchev–Trinajstić information content (AvgIpc) is 2.52. The zero-order valence-corrected chi connectivity index (χ0v) is 12.8. The van der Waals surface area contributed by atoms with Gasteiger partial charge in [-0.1, -0.05) is 13.0 Å². The summed E-state index contributed by atoms with van der Waals surface area (Å²) in [4.78, 5) is 0. The summed E-state index contributed by atoms with van der Waals surface area (Å²) in [5.74, 6) is -6.74. The van der Waals surface area contributed by atoms with Crippen molar-refractivity contribution < 1.29 is 27.1 Å². The minimum absolute atomic E-state index is 0.0240. The largest absolute Gasteiger partial charge is 0.505 e. The number of hydrogen-bond donors (Lipinski definition) is 1. The van der Waals surface area contributed by atoms with E-state index in [1.54, 1.807) is 0 Å². The van der Waals surface area contributed by atoms with Crippen molar-refractivity contribution in [2.45, 2.75) is 57.5 Å². The van der Waals surface area contributed by atoms with Crippen LogP contribution in [0.25, 0.3) is 0 Å². The second-order valence-electron chi connectivity index (χ2n) is 7.28. The third-order valence-corrected chi connectivity index (χ3v) is 6.04. The molecule has 3 aliphatic rings. The smallest absolute Gasteiger partial charge is 0.284 e. The summed E-state index contributed by atoms with van der Waals surface area (Å²) >= 11 is 0. The standard InChI is InChI=1S/C17H19F5O/c1-15-6-8-16(9-7-15,14(20)17(15,21)22)5-4-10-2-3-11(23)13(19)12(10)18/h2-3,14,23H,4-9H2,1H3. The van der Waals surface area contributed by atoms with E-state index < -0.39 is 40.3 Å². The van der Waals surface area contributed by atoms with E-state index in [1.807, 2.05) is 0 Å². The number of alkyl halides is 3. The molecule has 4 rings (SSSR count). The first-order chi connectivity index (χ1) is 10.6. The van der Waals surface area contributed by atoms with Crippen molar-refractivity contribution in [1.82, 2.24) is 0 Å². The summed E-state index contributed by atoms with van der Waals surface area (Å²) in [5.41, 5.74) is -2.50. The summed E-state index contributed by atoms with van der Waals surface area (Å²) in [6.45, 7) is 1.43. The molecule has 6 heteroatoms. The molecule has 128 valence electrons. The predicted octanol–water partition coefficient (Wildman–Crippen LogP) is 5.16. The highest BCUT2D eigenvalue weighted by molar-refractivity contribution is 5.30. The Balaban J connectivity index is 1.82. The van der Waals surface area contributed by atoms with Gasteiger partial charge in [0, 0.05) is 10.8 Å². The summed E-state index contributed by atoms with van der Waals surface area (Å²) in [6, 6.07) is 2.23. The number of aromatic hydroxyl groups is 1. The number of aryl methyl sites for hydroxylation is 1. The fraction of sp³-hybridized carbons (Fsp3) is 0.647. The molecule has 0 amide bonds. The molecule has 0 spiro atoms. The summed E-state index contributed by atoms with van der Waals surface area (Å²) < 4.78 is 70.3. The molecule has 1 atom stereocenters. The monoisotopic (exact) mass is 334 g/mol. The Morgan fingerprint density at radius 3 is 2.30 bits per heavy atom. The lowest BCUT2D eigenvalue weighted by Gasteiger charge is -2.58. The first-order valence-corrected chi connectivity index (χ1v) is 7.81. The zero-order chi connectivity index (χ0) is 17.0. The third kappa shape index (κ3) is 2.24. The predicted molar refractivity (Wildman–Crippen MR) is 75.2 cm³/mol. The number of phenolic OH excluding ortho intramolecular Hbond substituents is 1. The molecule has 3 fully saturated rings. The molecule has 1 unspecified atom stereocenters. The Bertz CT molecular complexity index is 620. The molecule has 3 aliphatic carbocycles. The van der Waals surface area contributed by atoms with Crippen LogP contribution in [0.5, 0.6) is 5.75 Å². The van der Waals surface area contributed by atoms with E-state index in [9.17, 15) is 22.0 Å². The van der Waals surface area contributed by atoms with Gasteiger partial charge >= 0.3 is 0 Å². The number of fused-ring (bicyclic) bond motifs is 3. The lowest BCUT2D eigenvalue weighted by molar-refractivity contribution is -0.264.